The van der Waals surface area contributed by atoms with Crippen LogP contribution in [0.4, 0.5) is 5.69 Å². The van der Waals surface area contributed by atoms with Gasteiger partial charge in [-0.05, 0) is 43.2 Å². The van der Waals surface area contributed by atoms with Crippen molar-refractivity contribution in [1.82, 2.24) is 0 Å². The van der Waals surface area contributed by atoms with Gasteiger partial charge in [0.15, 0.2) is 0 Å². The molecule has 2 unspecified atom stereocenters. The lowest BCUT2D eigenvalue weighted by Crippen LogP contribution is -2.50. The number of rotatable bonds is 3. The van der Waals surface area contributed by atoms with Gasteiger partial charge in [0, 0.05) is 6.54 Å². The Morgan fingerprint density at radius 3 is 2.44 bits per heavy atom. The maximum Gasteiger partial charge on any atom is 0.0637 e. The Bertz CT molecular complexity index is 395. The fraction of sp³-hybridized carbons (Fsp3) is 0.600. The molecule has 0 bridgehead atoms. The van der Waals surface area contributed by atoms with E-state index in [1.807, 2.05) is 24.3 Å². The van der Waals surface area contributed by atoms with E-state index in [0.29, 0.717) is 18.4 Å². The van der Waals surface area contributed by atoms with Crippen molar-refractivity contribution in [2.45, 2.75) is 38.6 Å². The zero-order valence-electron chi connectivity index (χ0n) is 11.2. The van der Waals surface area contributed by atoms with E-state index in [0.717, 1.165) is 23.6 Å². The third-order valence-electron chi connectivity index (χ3n) is 3.95. The van der Waals surface area contributed by atoms with E-state index in [-0.39, 0.29) is 5.54 Å². The van der Waals surface area contributed by atoms with E-state index < -0.39 is 0 Å². The fourth-order valence-corrected chi connectivity index (χ4v) is 3.62. The standard InChI is InChI=1S/C15H23ClN2/c1-11-7-12(2)9-15(8-11,10-17)18-14-6-4-3-5-13(14)16/h3-6,11-12,18H,7-10,17H2,1-2H3. The molecule has 1 aromatic carbocycles. The molecule has 1 aromatic rings. The highest BCUT2D eigenvalue weighted by atomic mass is 35.5. The van der Waals surface area contributed by atoms with Gasteiger partial charge in [0.05, 0.1) is 16.2 Å². The van der Waals surface area contributed by atoms with Crippen LogP contribution in [-0.4, -0.2) is 12.1 Å². The molecule has 2 nitrogen and oxygen atoms in total. The molecule has 2 atom stereocenters. The molecule has 0 aliphatic heterocycles. The Hall–Kier alpha value is -0.730. The Labute approximate surface area is 115 Å². The van der Waals surface area contributed by atoms with Crippen LogP contribution in [0.25, 0.3) is 0 Å². The molecule has 100 valence electrons. The van der Waals surface area contributed by atoms with Gasteiger partial charge in [-0.1, -0.05) is 37.6 Å². The van der Waals surface area contributed by atoms with Crippen LogP contribution >= 0.6 is 11.6 Å². The summed E-state index contributed by atoms with van der Waals surface area (Å²) in [6, 6.07) is 7.91. The van der Waals surface area contributed by atoms with E-state index in [1.54, 1.807) is 0 Å². The van der Waals surface area contributed by atoms with Gasteiger partial charge in [-0.2, -0.15) is 0 Å². The van der Waals surface area contributed by atoms with Gasteiger partial charge in [-0.3, -0.25) is 0 Å². The summed E-state index contributed by atoms with van der Waals surface area (Å²) >= 11 is 6.23. The zero-order valence-corrected chi connectivity index (χ0v) is 12.0. The van der Waals surface area contributed by atoms with Gasteiger partial charge in [0.2, 0.25) is 0 Å². The van der Waals surface area contributed by atoms with Crippen molar-refractivity contribution in [3.05, 3.63) is 29.3 Å². The summed E-state index contributed by atoms with van der Waals surface area (Å²) in [4.78, 5) is 0. The summed E-state index contributed by atoms with van der Waals surface area (Å²) in [6.45, 7) is 5.29. The molecule has 1 fully saturated rings. The molecule has 2 rings (SSSR count). The van der Waals surface area contributed by atoms with Gasteiger partial charge >= 0.3 is 0 Å². The van der Waals surface area contributed by atoms with Gasteiger partial charge in [-0.15, -0.1) is 0 Å². The number of benzene rings is 1. The number of nitrogens with two attached hydrogens (primary N) is 1. The lowest BCUT2D eigenvalue weighted by molar-refractivity contribution is 0.205. The molecule has 0 saturated heterocycles. The molecule has 1 aliphatic rings. The third kappa shape index (κ3) is 2.99. The highest BCUT2D eigenvalue weighted by Crippen LogP contribution is 2.38. The van der Waals surface area contributed by atoms with Crippen molar-refractivity contribution in [3.63, 3.8) is 0 Å². The average Bonchev–Trinajstić information content (AvgIpc) is 2.31. The molecule has 0 amide bonds. The van der Waals surface area contributed by atoms with Crippen molar-refractivity contribution in [1.29, 1.82) is 0 Å². The Morgan fingerprint density at radius 1 is 1.28 bits per heavy atom. The first kappa shape index (κ1) is 13.7. The van der Waals surface area contributed by atoms with E-state index in [4.69, 9.17) is 17.3 Å². The predicted octanol–water partition coefficient (Wildman–Crippen LogP) is 3.91. The van der Waals surface area contributed by atoms with E-state index in [2.05, 4.69) is 19.2 Å². The van der Waals surface area contributed by atoms with Crippen molar-refractivity contribution in [2.75, 3.05) is 11.9 Å². The topological polar surface area (TPSA) is 38.0 Å². The highest BCUT2D eigenvalue weighted by molar-refractivity contribution is 6.33. The molecule has 3 heteroatoms. The monoisotopic (exact) mass is 266 g/mol. The average molecular weight is 267 g/mol. The zero-order chi connectivity index (χ0) is 13.2. The van der Waals surface area contributed by atoms with Crippen LogP contribution < -0.4 is 11.1 Å². The smallest absolute Gasteiger partial charge is 0.0637 e. The van der Waals surface area contributed by atoms with Gasteiger partial charge in [0.1, 0.15) is 0 Å². The maximum atomic E-state index is 6.23. The van der Waals surface area contributed by atoms with E-state index in [1.165, 1.54) is 6.42 Å². The quantitative estimate of drug-likeness (QED) is 0.871. The molecular formula is C15H23ClN2. The first-order valence-electron chi connectivity index (χ1n) is 6.77. The Kier molecular flexibility index (Phi) is 4.18. The van der Waals surface area contributed by atoms with E-state index >= 15 is 0 Å². The second kappa shape index (κ2) is 5.50. The minimum absolute atomic E-state index is 0.00206. The van der Waals surface area contributed by atoms with E-state index in [9.17, 15) is 0 Å². The molecule has 0 spiro atoms. The highest BCUT2D eigenvalue weighted by Gasteiger charge is 2.37. The molecule has 1 saturated carbocycles. The predicted molar refractivity (Wildman–Crippen MR) is 79.0 cm³/mol. The molecule has 0 heterocycles. The van der Waals surface area contributed by atoms with Crippen LogP contribution in [0.15, 0.2) is 24.3 Å². The lowest BCUT2D eigenvalue weighted by Gasteiger charge is -2.43. The van der Waals surface area contributed by atoms with Crippen LogP contribution in [0, 0.1) is 11.8 Å². The molecule has 0 aromatic heterocycles. The number of nitrogens with one attached hydrogen (secondary N) is 1. The normalized spacial score (nSPS) is 32.2. The Morgan fingerprint density at radius 2 is 1.89 bits per heavy atom. The second-order valence-electron chi connectivity index (χ2n) is 5.94. The molecule has 3 N–H and O–H groups in total. The van der Waals surface area contributed by atoms with Crippen molar-refractivity contribution in [3.8, 4) is 0 Å². The first-order valence-corrected chi connectivity index (χ1v) is 7.15. The summed E-state index contributed by atoms with van der Waals surface area (Å²) in [5, 5.41) is 4.39. The van der Waals surface area contributed by atoms with Crippen molar-refractivity contribution >= 4 is 17.3 Å². The van der Waals surface area contributed by atoms with Crippen LogP contribution in [0.1, 0.15) is 33.1 Å². The largest absolute Gasteiger partial charge is 0.377 e. The number of hydrogen-bond donors (Lipinski definition) is 2. The fourth-order valence-electron chi connectivity index (χ4n) is 3.44. The van der Waals surface area contributed by atoms with Gasteiger partial charge in [0.25, 0.3) is 0 Å². The van der Waals surface area contributed by atoms with Crippen molar-refractivity contribution in [2.24, 2.45) is 17.6 Å². The first-order chi connectivity index (χ1) is 8.54. The van der Waals surface area contributed by atoms with Crippen LogP contribution in [0.2, 0.25) is 5.02 Å². The van der Waals surface area contributed by atoms with Crippen LogP contribution in [-0.2, 0) is 0 Å². The lowest BCUT2D eigenvalue weighted by atomic mass is 9.71. The summed E-state index contributed by atoms with van der Waals surface area (Å²) in [6.07, 6.45) is 3.55. The summed E-state index contributed by atoms with van der Waals surface area (Å²) in [5.41, 5.74) is 7.06. The summed E-state index contributed by atoms with van der Waals surface area (Å²) in [5.74, 6) is 1.43. The number of halogens is 1. The summed E-state index contributed by atoms with van der Waals surface area (Å²) in [7, 11) is 0. The second-order valence-corrected chi connectivity index (χ2v) is 6.35. The maximum absolute atomic E-state index is 6.23. The molecule has 1 aliphatic carbocycles. The minimum Gasteiger partial charge on any atom is -0.377 e. The van der Waals surface area contributed by atoms with Crippen molar-refractivity contribution < 1.29 is 0 Å². The van der Waals surface area contributed by atoms with Crippen LogP contribution in [0.5, 0.6) is 0 Å². The number of anilines is 1. The summed E-state index contributed by atoms with van der Waals surface area (Å²) < 4.78 is 0. The molecule has 0 radical (unpaired) electrons. The molecule has 18 heavy (non-hydrogen) atoms. The third-order valence-corrected chi connectivity index (χ3v) is 4.28. The molecular weight excluding hydrogens is 244 g/mol. The Balaban J connectivity index is 2.20. The number of para-hydroxylation sites is 1. The number of hydrogen-bond acceptors (Lipinski definition) is 2. The minimum atomic E-state index is 0.00206. The van der Waals surface area contributed by atoms with Gasteiger partial charge < -0.3 is 11.1 Å². The SMILES string of the molecule is CC1CC(C)CC(CN)(Nc2ccccc2Cl)C1. The van der Waals surface area contributed by atoms with Crippen LogP contribution in [0.3, 0.4) is 0 Å². The van der Waals surface area contributed by atoms with Gasteiger partial charge in [-0.25, -0.2) is 0 Å².